The van der Waals surface area contributed by atoms with Crippen molar-refractivity contribution in [3.8, 4) is 17.1 Å². The topological polar surface area (TPSA) is 145 Å². The van der Waals surface area contributed by atoms with Crippen molar-refractivity contribution in [2.24, 2.45) is 5.41 Å². The Hall–Kier alpha value is -4.95. The Balaban J connectivity index is 1.26. The monoisotopic (exact) mass is 608 g/mol. The molecule has 1 aliphatic heterocycles. The maximum absolute atomic E-state index is 13.8. The van der Waals surface area contributed by atoms with Crippen molar-refractivity contribution in [1.29, 1.82) is 0 Å². The molecule has 3 atom stereocenters. The highest BCUT2D eigenvalue weighted by Gasteiger charge is 2.64. The van der Waals surface area contributed by atoms with E-state index in [-0.39, 0.29) is 35.3 Å². The van der Waals surface area contributed by atoms with Gasteiger partial charge in [0.2, 0.25) is 17.7 Å². The third kappa shape index (κ3) is 5.44. The zero-order valence-corrected chi connectivity index (χ0v) is 24.1. The second-order valence-corrected chi connectivity index (χ2v) is 11.4. The molecule has 228 valence electrons. The van der Waals surface area contributed by atoms with Crippen LogP contribution in [0.2, 0.25) is 0 Å². The number of ether oxygens (including phenoxy) is 1. The van der Waals surface area contributed by atoms with Crippen molar-refractivity contribution in [3.63, 3.8) is 0 Å². The molecule has 2 amide bonds. The SMILES string of the molecule is CC(=O)c1nn(CC(=O)N2C3C[C@]3(C)C[C@H]2C(=O)Nc2nc(OC(F)(F)F)ccc2C)c2cnc(-c3cnc(C)nc3)cc12. The molecule has 15 heteroatoms. The first kappa shape index (κ1) is 29.1. The molecule has 0 spiro atoms. The predicted molar refractivity (Wildman–Crippen MR) is 149 cm³/mol. The van der Waals surface area contributed by atoms with Crippen molar-refractivity contribution in [2.45, 2.75) is 65.5 Å². The predicted octanol–water partition coefficient (Wildman–Crippen LogP) is 4.02. The number of halogens is 3. The molecule has 1 saturated carbocycles. The van der Waals surface area contributed by atoms with E-state index in [1.165, 1.54) is 28.8 Å². The van der Waals surface area contributed by atoms with Gasteiger partial charge in [-0.25, -0.2) is 9.97 Å². The summed E-state index contributed by atoms with van der Waals surface area (Å²) in [5.41, 5.74) is 1.95. The summed E-state index contributed by atoms with van der Waals surface area (Å²) >= 11 is 0. The summed E-state index contributed by atoms with van der Waals surface area (Å²) in [6, 6.07) is 3.01. The zero-order chi connectivity index (χ0) is 31.6. The zero-order valence-electron chi connectivity index (χ0n) is 24.1. The fourth-order valence-electron chi connectivity index (χ4n) is 5.72. The smallest absolute Gasteiger partial charge is 0.388 e. The lowest BCUT2D eigenvalue weighted by molar-refractivity contribution is -0.276. The van der Waals surface area contributed by atoms with E-state index < -0.39 is 30.1 Å². The molecule has 1 aliphatic carbocycles. The van der Waals surface area contributed by atoms with Crippen LogP contribution in [0.4, 0.5) is 19.0 Å². The van der Waals surface area contributed by atoms with Crippen LogP contribution in [-0.4, -0.2) is 70.7 Å². The van der Waals surface area contributed by atoms with Crippen LogP contribution in [0.5, 0.6) is 5.88 Å². The lowest BCUT2D eigenvalue weighted by Crippen LogP contribution is -2.47. The largest absolute Gasteiger partial charge is 0.574 e. The van der Waals surface area contributed by atoms with E-state index in [1.54, 1.807) is 32.3 Å². The lowest BCUT2D eigenvalue weighted by Gasteiger charge is -2.27. The van der Waals surface area contributed by atoms with Gasteiger partial charge in [-0.3, -0.25) is 24.0 Å². The molecule has 5 heterocycles. The van der Waals surface area contributed by atoms with Gasteiger partial charge in [0.05, 0.1) is 17.4 Å². The molecule has 4 aromatic rings. The molecule has 44 heavy (non-hydrogen) atoms. The normalized spacial score (nSPS) is 20.8. The Morgan fingerprint density at radius 2 is 1.82 bits per heavy atom. The average molecular weight is 609 g/mol. The number of ketones is 1. The second-order valence-electron chi connectivity index (χ2n) is 11.4. The molecular weight excluding hydrogens is 581 g/mol. The maximum Gasteiger partial charge on any atom is 0.574 e. The number of likely N-dealkylation sites (tertiary alicyclic amines) is 1. The Kier molecular flexibility index (Phi) is 6.85. The number of nitrogens with one attached hydrogen (secondary N) is 1. The summed E-state index contributed by atoms with van der Waals surface area (Å²) in [6.07, 6.45) is 0.904. The molecule has 0 radical (unpaired) electrons. The molecule has 6 rings (SSSR count). The van der Waals surface area contributed by atoms with E-state index in [0.29, 0.717) is 46.4 Å². The number of pyridine rings is 2. The molecule has 1 N–H and O–H groups in total. The fraction of sp³-hybridized carbons (Fsp3) is 0.379. The molecule has 2 aliphatic rings. The second kappa shape index (κ2) is 10.3. The third-order valence-corrected chi connectivity index (χ3v) is 8.09. The number of amides is 2. The van der Waals surface area contributed by atoms with Crippen molar-refractivity contribution >= 4 is 34.3 Å². The Morgan fingerprint density at radius 3 is 2.50 bits per heavy atom. The minimum absolute atomic E-state index is 0.0973. The Bertz CT molecular complexity index is 1820. The number of fused-ring (bicyclic) bond motifs is 2. The molecular formula is C29H27F3N8O4. The van der Waals surface area contributed by atoms with Gasteiger partial charge in [-0.1, -0.05) is 13.0 Å². The summed E-state index contributed by atoms with van der Waals surface area (Å²) in [7, 11) is 0. The van der Waals surface area contributed by atoms with Crippen molar-refractivity contribution in [3.05, 3.63) is 53.9 Å². The van der Waals surface area contributed by atoms with Gasteiger partial charge in [-0.2, -0.15) is 10.1 Å². The van der Waals surface area contributed by atoms with Crippen molar-refractivity contribution in [2.75, 3.05) is 5.32 Å². The van der Waals surface area contributed by atoms with E-state index in [2.05, 4.69) is 35.1 Å². The maximum atomic E-state index is 13.8. The van der Waals surface area contributed by atoms with Gasteiger partial charge in [0.25, 0.3) is 0 Å². The number of piperidine rings is 1. The van der Waals surface area contributed by atoms with E-state index in [9.17, 15) is 27.6 Å². The van der Waals surface area contributed by atoms with Crippen LogP contribution in [0.15, 0.2) is 36.8 Å². The number of nitrogens with zero attached hydrogens (tertiary/aromatic N) is 7. The number of Topliss-reactive ketones (excluding diaryl/α,β-unsaturated/α-hetero) is 1. The first-order valence-corrected chi connectivity index (χ1v) is 13.7. The number of aromatic nitrogens is 6. The molecule has 1 unspecified atom stereocenters. The fourth-order valence-corrected chi connectivity index (χ4v) is 5.72. The summed E-state index contributed by atoms with van der Waals surface area (Å²) in [5, 5.41) is 7.51. The van der Waals surface area contributed by atoms with Gasteiger partial charge in [-0.15, -0.1) is 13.2 Å². The van der Waals surface area contributed by atoms with Crippen LogP contribution in [0.25, 0.3) is 22.2 Å². The average Bonchev–Trinajstić information content (AvgIpc) is 3.31. The first-order valence-electron chi connectivity index (χ1n) is 13.7. The van der Waals surface area contributed by atoms with Gasteiger partial charge in [0.1, 0.15) is 29.9 Å². The number of alkyl halides is 3. The minimum atomic E-state index is -4.95. The lowest BCUT2D eigenvalue weighted by atomic mass is 10.0. The van der Waals surface area contributed by atoms with E-state index in [0.717, 1.165) is 6.07 Å². The molecule has 12 nitrogen and oxygen atoms in total. The number of carbonyl (C=O) groups excluding carboxylic acids is 3. The quantitative estimate of drug-likeness (QED) is 0.308. The summed E-state index contributed by atoms with van der Waals surface area (Å²) in [5.74, 6) is -1.49. The van der Waals surface area contributed by atoms with Crippen LogP contribution in [0.3, 0.4) is 0 Å². The van der Waals surface area contributed by atoms with Gasteiger partial charge in [0.15, 0.2) is 5.78 Å². The van der Waals surface area contributed by atoms with Crippen LogP contribution in [-0.2, 0) is 16.1 Å². The van der Waals surface area contributed by atoms with Crippen LogP contribution >= 0.6 is 0 Å². The third-order valence-electron chi connectivity index (χ3n) is 8.09. The minimum Gasteiger partial charge on any atom is -0.388 e. The Morgan fingerprint density at radius 1 is 1.09 bits per heavy atom. The molecule has 1 saturated heterocycles. The van der Waals surface area contributed by atoms with Crippen LogP contribution < -0.4 is 10.1 Å². The summed E-state index contributed by atoms with van der Waals surface area (Å²) in [4.78, 5) is 57.9. The van der Waals surface area contributed by atoms with E-state index >= 15 is 0 Å². The number of hydrogen-bond donors (Lipinski definition) is 1. The Labute approximate surface area is 248 Å². The first-order chi connectivity index (χ1) is 20.7. The van der Waals surface area contributed by atoms with Gasteiger partial charge in [-0.05, 0) is 43.7 Å². The van der Waals surface area contributed by atoms with Gasteiger partial charge >= 0.3 is 6.36 Å². The molecule has 4 aromatic heterocycles. The van der Waals surface area contributed by atoms with Crippen LogP contribution in [0.1, 0.15) is 48.6 Å². The number of carbonyl (C=O) groups is 3. The number of aryl methyl sites for hydroxylation is 2. The van der Waals surface area contributed by atoms with Gasteiger partial charge in [0, 0.05) is 42.4 Å². The van der Waals surface area contributed by atoms with Gasteiger partial charge < -0.3 is 15.0 Å². The number of hydrogen-bond acceptors (Lipinski definition) is 9. The highest BCUT2D eigenvalue weighted by atomic mass is 19.4. The summed E-state index contributed by atoms with van der Waals surface area (Å²) < 4.78 is 43.4. The number of anilines is 1. The highest BCUT2D eigenvalue weighted by molar-refractivity contribution is 6.05. The standard InChI is InChI=1S/C29H27F3N8O4/c1-14-5-6-23(44-29(30,31)32)36-26(14)37-27(43)20-8-28(4)9-22(28)40(20)24(42)13-39-21-12-35-19(17-10-33-16(3)34-11-17)7-18(21)25(38-39)15(2)41/h5-7,10-12,20,22H,8-9,13H2,1-4H3,(H,36,37,43)/t20-,22?,28-/m0/s1. The van der Waals surface area contributed by atoms with E-state index in [4.69, 9.17) is 0 Å². The van der Waals surface area contributed by atoms with Crippen LogP contribution in [0, 0.1) is 19.3 Å². The number of rotatable bonds is 7. The highest BCUT2D eigenvalue weighted by Crippen LogP contribution is 2.59. The van der Waals surface area contributed by atoms with Crippen molar-refractivity contribution < 1.29 is 32.3 Å². The molecule has 0 bridgehead atoms. The summed E-state index contributed by atoms with van der Waals surface area (Å²) in [6.45, 7) is 6.43. The van der Waals surface area contributed by atoms with E-state index in [1.807, 2.05) is 6.92 Å². The molecule has 0 aromatic carbocycles. The molecule has 2 fully saturated rings. The van der Waals surface area contributed by atoms with Crippen molar-refractivity contribution in [1.82, 2.24) is 34.6 Å².